The van der Waals surface area contributed by atoms with E-state index >= 15 is 0 Å². The molecule has 0 amide bonds. The molecule has 0 bridgehead atoms. The summed E-state index contributed by atoms with van der Waals surface area (Å²) < 4.78 is 21.2. The van der Waals surface area contributed by atoms with Crippen LogP contribution in [0.25, 0.3) is 0 Å². The minimum Gasteiger partial charge on any atom is 1.00 e. The minimum absolute atomic E-state index is 0. The van der Waals surface area contributed by atoms with E-state index in [1.165, 1.54) is 0 Å². The van der Waals surface area contributed by atoms with E-state index in [4.69, 9.17) is 0 Å². The van der Waals surface area contributed by atoms with Gasteiger partial charge in [0, 0.05) is 0 Å². The van der Waals surface area contributed by atoms with Gasteiger partial charge in [0.15, 0.2) is 0 Å². The second-order valence-corrected chi connectivity index (χ2v) is 3.42. The Hall–Kier alpha value is 9.30. The maximum Gasteiger partial charge on any atom is 1.00 e. The van der Waals surface area contributed by atoms with Crippen LogP contribution in [0.3, 0.4) is 0 Å². The summed E-state index contributed by atoms with van der Waals surface area (Å²) in [6.07, 6.45) is 0. The average molecular weight is 434 g/mol. The Morgan fingerprint density at radius 2 is 0.706 bits per heavy atom. The molecule has 0 aromatic rings. The normalized spacial score (nSPS) is 7.29. The first-order chi connectivity index (χ1) is 3.71. The zero-order chi connectivity index (χ0) is 7.71. The summed E-state index contributed by atoms with van der Waals surface area (Å²) in [4.78, 5) is 37.3. The molecule has 17 heavy (non-hydrogen) atoms. The molecule has 0 fully saturated rings. The fourth-order valence-electron chi connectivity index (χ4n) is 0.122. The molecule has 0 rings (SSSR count). The van der Waals surface area contributed by atoms with Gasteiger partial charge in [-0.3, -0.25) is 0 Å². The molecular weight excluding hydrogens is 426 g/mol. The summed E-state index contributed by atoms with van der Waals surface area (Å²) in [5, 5.41) is 0. The molecule has 0 spiro atoms. The molecule has 0 radical (unpaired) electrons. The van der Waals surface area contributed by atoms with Crippen LogP contribution in [0.4, 0.5) is 0 Å². The Morgan fingerprint density at radius 3 is 0.706 bits per heavy atom. The van der Waals surface area contributed by atoms with Crippen LogP contribution in [0, 0.1) is 0 Å². The van der Waals surface area contributed by atoms with Crippen LogP contribution in [0.15, 0.2) is 0 Å². The second-order valence-electron chi connectivity index (χ2n) is 0.976. The van der Waals surface area contributed by atoms with Crippen molar-refractivity contribution in [3.8, 4) is 0 Å². The van der Waals surface area contributed by atoms with Crippen molar-refractivity contribution < 1.29 is 151 Å². The minimum atomic E-state index is -5.68. The van der Waals surface area contributed by atoms with E-state index in [1.54, 1.807) is 0 Å². The summed E-state index contributed by atoms with van der Waals surface area (Å²) >= 11 is 0. The second kappa shape index (κ2) is 30.0. The molecular formula is H8Ca4Na4O7P2. The molecule has 0 unspecified atom stereocenters. The molecule has 0 saturated carbocycles. The van der Waals surface area contributed by atoms with Gasteiger partial charge >= 0.3 is 269 Å². The summed E-state index contributed by atoms with van der Waals surface area (Å²) in [6.45, 7) is 0. The molecule has 0 atom stereocenters. The van der Waals surface area contributed by atoms with Gasteiger partial charge in [0.05, 0.1) is 15.6 Å². The van der Waals surface area contributed by atoms with Crippen molar-refractivity contribution in [3.63, 3.8) is 0 Å². The van der Waals surface area contributed by atoms with Crippen molar-refractivity contribution in [2.45, 2.75) is 0 Å². The van der Waals surface area contributed by atoms with E-state index in [1.807, 2.05) is 0 Å². The van der Waals surface area contributed by atoms with Crippen molar-refractivity contribution in [1.29, 1.82) is 0 Å². The van der Waals surface area contributed by atoms with E-state index in [0.29, 0.717) is 0 Å². The topological polar surface area (TPSA) is 136 Å². The van der Waals surface area contributed by atoms with Crippen LogP contribution in [-0.4, -0.2) is 151 Å². The van der Waals surface area contributed by atoms with Crippen molar-refractivity contribution in [1.82, 2.24) is 0 Å². The Balaban J connectivity index is -0.0000000114. The van der Waals surface area contributed by atoms with Gasteiger partial charge in [0.25, 0.3) is 0 Å². The molecule has 0 saturated heterocycles. The van der Waals surface area contributed by atoms with Gasteiger partial charge in [-0.1, -0.05) is 0 Å². The molecule has 0 aliphatic rings. The third-order valence-electron chi connectivity index (χ3n) is 0.200. The first-order valence-corrected chi connectivity index (χ1v) is 4.38. The van der Waals surface area contributed by atoms with Crippen LogP contribution in [0.2, 0.25) is 0 Å². The van der Waals surface area contributed by atoms with Gasteiger partial charge in [-0.25, -0.2) is 0 Å². The largest absolute Gasteiger partial charge is 1.00 e. The summed E-state index contributed by atoms with van der Waals surface area (Å²) in [5.41, 5.74) is 0. The van der Waals surface area contributed by atoms with Crippen LogP contribution in [0.5, 0.6) is 0 Å². The summed E-state index contributed by atoms with van der Waals surface area (Å²) in [5.74, 6) is 0. The quantitative estimate of drug-likeness (QED) is 0.311. The number of hydrogen-bond donors (Lipinski definition) is 0. The van der Waals surface area contributed by atoms with Crippen LogP contribution >= 0.6 is 15.6 Å². The van der Waals surface area contributed by atoms with Gasteiger partial charge in [0.1, 0.15) is 0 Å². The van der Waals surface area contributed by atoms with E-state index in [0.717, 1.165) is 0 Å². The smallest absolute Gasteiger partial charge is 1.00 e. The standard InChI is InChI=1S/4Ca.4Na.H4O7P2.8H/c;;;;;;;;1-8(2,3)7-9(4,5)6;;;;;;;;/h;;;;;;;;(H2,1,2,3)(H2,4,5,6);;;;;;;;/q;;;;4*+1;;;;;;;;;/p-4. The number of rotatable bonds is 2. The van der Waals surface area contributed by atoms with Gasteiger partial charge in [0.2, 0.25) is 0 Å². The molecule has 0 heterocycles. The fourth-order valence-corrected chi connectivity index (χ4v) is 1.10. The van der Waals surface area contributed by atoms with Crippen molar-refractivity contribution >= 4 is 167 Å². The predicted octanol–water partition coefficient (Wildman–Crippen LogP) is -19.0. The van der Waals surface area contributed by atoms with Crippen molar-refractivity contribution in [2.24, 2.45) is 0 Å². The number of phosphoric acid groups is 2. The van der Waals surface area contributed by atoms with Gasteiger partial charge in [-0.15, -0.1) is 0 Å². The monoisotopic (exact) mass is 434 g/mol. The van der Waals surface area contributed by atoms with Gasteiger partial charge in [-0.2, -0.15) is 0 Å². The van der Waals surface area contributed by atoms with E-state index in [-0.39, 0.29) is 269 Å². The molecule has 17 heteroatoms. The van der Waals surface area contributed by atoms with Crippen LogP contribution < -0.4 is 138 Å². The van der Waals surface area contributed by atoms with E-state index < -0.39 is 15.6 Å². The average Bonchev–Trinajstić information content (AvgIpc) is 1.14. The third kappa shape index (κ3) is 58.7. The van der Waals surface area contributed by atoms with Crippen molar-refractivity contribution in [3.05, 3.63) is 0 Å². The first kappa shape index (κ1) is 56.2. The zero-order valence-corrected chi connectivity index (χ0v) is 17.5. The van der Waals surface area contributed by atoms with Gasteiger partial charge in [-0.05, 0) is 0 Å². The first-order valence-electron chi connectivity index (χ1n) is 1.46. The maximum absolute atomic E-state index is 9.32. The van der Waals surface area contributed by atoms with E-state index in [9.17, 15) is 28.7 Å². The van der Waals surface area contributed by atoms with Crippen LogP contribution in [0.1, 0.15) is 0 Å². The molecule has 72 valence electrons. The molecule has 7 nitrogen and oxygen atoms in total. The Bertz CT molecular complexity index is 172. The molecule has 0 aliphatic heterocycles. The Labute approximate surface area is 308 Å². The zero-order valence-electron chi connectivity index (χ0n) is 7.75. The van der Waals surface area contributed by atoms with Crippen LogP contribution in [-0.2, 0) is 13.4 Å². The van der Waals surface area contributed by atoms with Gasteiger partial charge < -0.3 is 33.0 Å². The fraction of sp³-hybridized carbons (Fsp3) is 0. The number of hydrogen-bond acceptors (Lipinski definition) is 7. The molecule has 0 N–H and O–H groups in total. The SMILES string of the molecule is O=P([O-])([O-])OP(=O)([O-])[O-].[CaH2].[CaH2].[CaH2].[CaH2].[Na+].[Na+].[Na+].[Na+]. The summed E-state index contributed by atoms with van der Waals surface area (Å²) in [6, 6.07) is 0. The molecule has 0 aromatic heterocycles. The Kier molecular flexibility index (Phi) is 99.4. The van der Waals surface area contributed by atoms with Crippen molar-refractivity contribution in [2.75, 3.05) is 0 Å². The summed E-state index contributed by atoms with van der Waals surface area (Å²) in [7, 11) is -11.4. The van der Waals surface area contributed by atoms with E-state index in [2.05, 4.69) is 4.31 Å². The third-order valence-corrected chi connectivity index (χ3v) is 1.80. The molecule has 0 aromatic carbocycles. The predicted molar refractivity (Wildman–Crippen MR) is 50.5 cm³/mol. The Morgan fingerprint density at radius 1 is 0.588 bits per heavy atom. The maximum atomic E-state index is 9.32. The molecule has 0 aliphatic carbocycles.